The van der Waals surface area contributed by atoms with Gasteiger partial charge >= 0.3 is 12.1 Å². The number of carboxylic acid groups (broad SMARTS) is 1. The molecule has 1 N–H and O–H groups in total. The molecule has 6 nitrogen and oxygen atoms in total. The molecule has 1 saturated carbocycles. The predicted molar refractivity (Wildman–Crippen MR) is 148 cm³/mol. The van der Waals surface area contributed by atoms with Crippen molar-refractivity contribution in [3.63, 3.8) is 0 Å². The van der Waals surface area contributed by atoms with Gasteiger partial charge in [-0.1, -0.05) is 18.1 Å². The number of alkyl halides is 3. The van der Waals surface area contributed by atoms with Gasteiger partial charge in [-0.2, -0.15) is 13.2 Å². The second-order valence-electron chi connectivity index (χ2n) is 9.97. The average Bonchev–Trinajstić information content (AvgIpc) is 3.63. The summed E-state index contributed by atoms with van der Waals surface area (Å²) in [6.07, 6.45) is -3.15. The lowest BCUT2D eigenvalue weighted by Crippen LogP contribution is -2.47. The van der Waals surface area contributed by atoms with Gasteiger partial charge in [0.25, 0.3) is 0 Å². The molecule has 3 heterocycles. The monoisotopic (exact) mass is 588 g/mol. The van der Waals surface area contributed by atoms with Gasteiger partial charge in [0.15, 0.2) is 0 Å². The van der Waals surface area contributed by atoms with Gasteiger partial charge in [0.2, 0.25) is 5.91 Å². The molecule has 0 spiro atoms. The SMILES string of the molecule is O=C(O)c1sc(-c2ccc(C#Cc3cscn3)cc2)cc1N(C(=O)C1CCC(C(F)(F)F)CC1)C1CCOCC1. The number of benzene rings is 1. The van der Waals surface area contributed by atoms with Gasteiger partial charge in [0.05, 0.1) is 17.1 Å². The molecule has 0 atom stereocenters. The quantitative estimate of drug-likeness (QED) is 0.330. The lowest BCUT2D eigenvalue weighted by molar-refractivity contribution is -0.184. The van der Waals surface area contributed by atoms with Crippen LogP contribution in [-0.2, 0) is 9.53 Å². The van der Waals surface area contributed by atoms with Gasteiger partial charge in [-0.25, -0.2) is 9.78 Å². The first kappa shape index (κ1) is 28.3. The maximum absolute atomic E-state index is 13.9. The molecular formula is C29H27F3N2O4S2. The minimum atomic E-state index is -4.27. The van der Waals surface area contributed by atoms with Crippen molar-refractivity contribution in [2.75, 3.05) is 18.1 Å². The Bertz CT molecular complexity index is 1390. The Hall–Kier alpha value is -3.20. The number of rotatable bonds is 5. The number of halogens is 3. The molecular weight excluding hydrogens is 561 g/mol. The molecule has 1 aliphatic carbocycles. The summed E-state index contributed by atoms with van der Waals surface area (Å²) in [6.45, 7) is 0.857. The van der Waals surface area contributed by atoms with Gasteiger partial charge in [0.1, 0.15) is 10.6 Å². The van der Waals surface area contributed by atoms with E-state index in [-0.39, 0.29) is 42.5 Å². The maximum atomic E-state index is 13.9. The molecule has 11 heteroatoms. The van der Waals surface area contributed by atoms with E-state index in [4.69, 9.17) is 4.74 Å². The summed E-state index contributed by atoms with van der Waals surface area (Å²) >= 11 is 2.54. The fraction of sp³-hybridized carbons (Fsp3) is 0.414. The first-order chi connectivity index (χ1) is 19.2. The lowest BCUT2D eigenvalue weighted by Gasteiger charge is -2.38. The molecule has 1 aromatic carbocycles. The van der Waals surface area contributed by atoms with Crippen LogP contribution >= 0.6 is 22.7 Å². The van der Waals surface area contributed by atoms with Crippen molar-refractivity contribution in [2.24, 2.45) is 11.8 Å². The number of anilines is 1. The van der Waals surface area contributed by atoms with Gasteiger partial charge in [-0.15, -0.1) is 22.7 Å². The number of carboxylic acids is 1. The van der Waals surface area contributed by atoms with Gasteiger partial charge in [0, 0.05) is 41.0 Å². The summed E-state index contributed by atoms with van der Waals surface area (Å²) in [5.41, 5.74) is 4.26. The molecule has 2 aliphatic rings. The first-order valence-corrected chi connectivity index (χ1v) is 14.8. The van der Waals surface area contributed by atoms with E-state index in [0.717, 1.165) is 22.5 Å². The molecule has 40 heavy (non-hydrogen) atoms. The molecule has 2 fully saturated rings. The van der Waals surface area contributed by atoms with Crippen LogP contribution in [0.15, 0.2) is 41.2 Å². The molecule has 2 aromatic heterocycles. The van der Waals surface area contributed by atoms with Crippen LogP contribution in [-0.4, -0.2) is 47.4 Å². The van der Waals surface area contributed by atoms with Crippen LogP contribution in [0.25, 0.3) is 10.4 Å². The summed E-state index contributed by atoms with van der Waals surface area (Å²) in [7, 11) is 0. The highest BCUT2D eigenvalue weighted by molar-refractivity contribution is 7.18. The van der Waals surface area contributed by atoms with E-state index >= 15 is 0 Å². The Kier molecular flexibility index (Phi) is 8.59. The number of thiazole rings is 1. The van der Waals surface area contributed by atoms with Gasteiger partial charge in [-0.05, 0) is 68.2 Å². The number of carbonyl (C=O) groups is 2. The molecule has 0 radical (unpaired) electrons. The Balaban J connectivity index is 1.44. The van der Waals surface area contributed by atoms with Crippen LogP contribution in [0.5, 0.6) is 0 Å². The first-order valence-electron chi connectivity index (χ1n) is 13.1. The number of nitrogens with zero attached hydrogens (tertiary/aromatic N) is 2. The van der Waals surface area contributed by atoms with Crippen molar-refractivity contribution in [3.8, 4) is 22.3 Å². The largest absolute Gasteiger partial charge is 0.477 e. The molecule has 0 unspecified atom stereocenters. The van der Waals surface area contributed by atoms with Crippen LogP contribution in [0, 0.1) is 23.7 Å². The van der Waals surface area contributed by atoms with Crippen LogP contribution in [0.2, 0.25) is 0 Å². The van der Waals surface area contributed by atoms with Crippen LogP contribution < -0.4 is 4.90 Å². The third-order valence-electron chi connectivity index (χ3n) is 7.44. The molecule has 1 aliphatic heterocycles. The zero-order valence-electron chi connectivity index (χ0n) is 21.4. The second kappa shape index (κ2) is 12.1. The molecule has 1 amide bonds. The van der Waals surface area contributed by atoms with E-state index in [1.165, 1.54) is 11.3 Å². The smallest absolute Gasteiger partial charge is 0.391 e. The number of aromatic nitrogens is 1. The van der Waals surface area contributed by atoms with Crippen LogP contribution in [0.3, 0.4) is 0 Å². The molecule has 210 valence electrons. The van der Waals surface area contributed by atoms with Crippen molar-refractivity contribution in [1.29, 1.82) is 0 Å². The van der Waals surface area contributed by atoms with E-state index in [1.807, 2.05) is 29.6 Å². The number of aromatic carboxylic acids is 1. The number of thiophene rings is 1. The van der Waals surface area contributed by atoms with Gasteiger partial charge < -0.3 is 14.7 Å². The van der Waals surface area contributed by atoms with Crippen molar-refractivity contribution in [2.45, 2.75) is 50.7 Å². The minimum absolute atomic E-state index is 0.0335. The summed E-state index contributed by atoms with van der Waals surface area (Å²) < 4.78 is 45.2. The Morgan fingerprint density at radius 3 is 2.33 bits per heavy atom. The fourth-order valence-corrected chi connectivity index (χ4v) is 6.76. The van der Waals surface area contributed by atoms with E-state index in [1.54, 1.807) is 16.5 Å². The van der Waals surface area contributed by atoms with Crippen molar-refractivity contribution in [1.82, 2.24) is 4.98 Å². The fourth-order valence-electron chi connectivity index (χ4n) is 5.29. The van der Waals surface area contributed by atoms with Crippen LogP contribution in [0.1, 0.15) is 59.5 Å². The summed E-state index contributed by atoms with van der Waals surface area (Å²) in [5, 5.41) is 12.0. The number of hydrogen-bond acceptors (Lipinski definition) is 6. The topological polar surface area (TPSA) is 79.7 Å². The van der Waals surface area contributed by atoms with Gasteiger partial charge in [-0.3, -0.25) is 4.79 Å². The summed E-state index contributed by atoms with van der Waals surface area (Å²) in [5.74, 6) is 2.62. The zero-order valence-corrected chi connectivity index (χ0v) is 23.1. The number of carbonyl (C=O) groups excluding carboxylic acids is 1. The number of hydrogen-bond donors (Lipinski definition) is 1. The van der Waals surface area contributed by atoms with E-state index in [9.17, 15) is 27.9 Å². The Morgan fingerprint density at radius 1 is 1.02 bits per heavy atom. The standard InChI is InChI=1S/C29H27F3N2O4S2/c30-29(31,32)21-8-6-20(7-9-21)27(35)34(23-11-13-38-14-12-23)24-15-25(40-26(24)28(36)37)19-4-1-18(2-5-19)3-10-22-16-39-17-33-22/h1-2,4-5,15-17,20-21,23H,6-9,11-14H2,(H,36,37). The molecule has 5 rings (SSSR count). The number of amides is 1. The Labute approximate surface area is 237 Å². The number of ether oxygens (including phenoxy) is 1. The van der Waals surface area contributed by atoms with E-state index < -0.39 is 24.0 Å². The van der Waals surface area contributed by atoms with Crippen LogP contribution in [0.4, 0.5) is 18.9 Å². The Morgan fingerprint density at radius 2 is 1.73 bits per heavy atom. The second-order valence-corrected chi connectivity index (χ2v) is 11.7. The normalized spacial score (nSPS) is 20.0. The van der Waals surface area contributed by atoms with Crippen molar-refractivity contribution in [3.05, 3.63) is 57.4 Å². The molecule has 3 aromatic rings. The third-order valence-corrected chi connectivity index (χ3v) is 9.18. The molecule has 1 saturated heterocycles. The highest BCUT2D eigenvalue weighted by Crippen LogP contribution is 2.43. The summed E-state index contributed by atoms with van der Waals surface area (Å²) in [4.78, 5) is 32.7. The highest BCUT2D eigenvalue weighted by atomic mass is 32.1. The molecule has 0 bridgehead atoms. The average molecular weight is 589 g/mol. The van der Waals surface area contributed by atoms with E-state index in [2.05, 4.69) is 16.8 Å². The van der Waals surface area contributed by atoms with E-state index in [0.29, 0.717) is 42.3 Å². The van der Waals surface area contributed by atoms with Crippen molar-refractivity contribution < 1.29 is 32.6 Å². The summed E-state index contributed by atoms with van der Waals surface area (Å²) in [6, 6.07) is 8.82. The zero-order chi connectivity index (χ0) is 28.3. The minimum Gasteiger partial charge on any atom is -0.477 e. The lowest BCUT2D eigenvalue weighted by atomic mass is 9.80. The highest BCUT2D eigenvalue weighted by Gasteiger charge is 2.44. The predicted octanol–water partition coefficient (Wildman–Crippen LogP) is 6.85. The third kappa shape index (κ3) is 6.40. The van der Waals surface area contributed by atoms with Crippen molar-refractivity contribution >= 4 is 40.2 Å². The maximum Gasteiger partial charge on any atom is 0.391 e.